The van der Waals surface area contributed by atoms with Crippen molar-refractivity contribution in [1.82, 2.24) is 19.3 Å². The number of sulfonamides is 1. The number of halogens is 2. The van der Waals surface area contributed by atoms with Gasteiger partial charge in [-0.2, -0.15) is 4.31 Å². The van der Waals surface area contributed by atoms with Crippen molar-refractivity contribution in [1.29, 1.82) is 0 Å². The van der Waals surface area contributed by atoms with Crippen LogP contribution in [0.4, 0.5) is 4.39 Å². The molecule has 0 aromatic carbocycles. The Labute approximate surface area is 172 Å². The fraction of sp³-hybridized carbons (Fsp3) is 0.389. The van der Waals surface area contributed by atoms with Gasteiger partial charge in [0, 0.05) is 13.1 Å². The first-order chi connectivity index (χ1) is 13.7. The smallest absolute Gasteiger partial charge is 0.306 e. The standard InChI is InChI=1S/C18H20ClFN4O4S/c1-11-10-24(29(26,27)8-6-15(25)28-2)7-5-13(11)16-17(19)23-18(22-16)14-4-3-12(20)9-21-14/h3-5,9,11H,6-8,10H2,1-2H3,(H,22,23)/t11-/m1/s1. The van der Waals surface area contributed by atoms with E-state index in [0.29, 0.717) is 22.4 Å². The molecule has 3 heterocycles. The van der Waals surface area contributed by atoms with Crippen molar-refractivity contribution >= 4 is 33.2 Å². The van der Waals surface area contributed by atoms with Crippen molar-refractivity contribution in [2.75, 3.05) is 26.0 Å². The second kappa shape index (κ2) is 8.60. The number of ether oxygens (including phenoxy) is 1. The van der Waals surface area contributed by atoms with Crippen LogP contribution in [0.5, 0.6) is 0 Å². The van der Waals surface area contributed by atoms with Gasteiger partial charge in [-0.05, 0) is 23.6 Å². The zero-order chi connectivity index (χ0) is 21.2. The number of rotatable bonds is 6. The fourth-order valence-corrected chi connectivity index (χ4v) is 4.74. The van der Waals surface area contributed by atoms with E-state index in [9.17, 15) is 17.6 Å². The lowest BCUT2D eigenvalue weighted by Crippen LogP contribution is -2.40. The van der Waals surface area contributed by atoms with Gasteiger partial charge in [-0.15, -0.1) is 0 Å². The fourth-order valence-electron chi connectivity index (χ4n) is 3.06. The number of pyridine rings is 1. The molecule has 0 radical (unpaired) electrons. The predicted octanol–water partition coefficient (Wildman–Crippen LogP) is 2.49. The quantitative estimate of drug-likeness (QED) is 0.689. The molecule has 11 heteroatoms. The van der Waals surface area contributed by atoms with Crippen molar-refractivity contribution in [2.24, 2.45) is 5.92 Å². The molecule has 2 aromatic heterocycles. The van der Waals surface area contributed by atoms with Gasteiger partial charge in [-0.25, -0.2) is 22.8 Å². The number of aromatic nitrogens is 3. The van der Waals surface area contributed by atoms with Crippen LogP contribution in [0.15, 0.2) is 24.4 Å². The monoisotopic (exact) mass is 442 g/mol. The molecule has 1 aliphatic rings. The Morgan fingerprint density at radius 1 is 1.45 bits per heavy atom. The maximum absolute atomic E-state index is 13.1. The second-order valence-electron chi connectivity index (χ2n) is 6.63. The third-order valence-electron chi connectivity index (χ3n) is 4.61. The molecule has 0 fully saturated rings. The number of hydrogen-bond donors (Lipinski definition) is 1. The van der Waals surface area contributed by atoms with E-state index in [0.717, 1.165) is 11.8 Å². The third-order valence-corrected chi connectivity index (χ3v) is 6.69. The number of hydrogen-bond acceptors (Lipinski definition) is 6. The van der Waals surface area contributed by atoms with Crippen LogP contribution >= 0.6 is 11.6 Å². The van der Waals surface area contributed by atoms with E-state index >= 15 is 0 Å². The van der Waals surface area contributed by atoms with Crippen LogP contribution in [0.2, 0.25) is 5.15 Å². The number of aromatic amines is 1. The molecule has 0 spiro atoms. The number of nitrogens with one attached hydrogen (secondary N) is 1. The largest absolute Gasteiger partial charge is 0.469 e. The van der Waals surface area contributed by atoms with E-state index in [-0.39, 0.29) is 31.2 Å². The van der Waals surface area contributed by atoms with Gasteiger partial charge in [-0.1, -0.05) is 24.6 Å². The van der Waals surface area contributed by atoms with Crippen LogP contribution in [0, 0.1) is 11.7 Å². The molecular weight excluding hydrogens is 423 g/mol. The van der Waals surface area contributed by atoms with E-state index < -0.39 is 21.8 Å². The summed E-state index contributed by atoms with van der Waals surface area (Å²) in [6.45, 7) is 2.26. The Morgan fingerprint density at radius 3 is 2.83 bits per heavy atom. The van der Waals surface area contributed by atoms with Crippen molar-refractivity contribution in [3.8, 4) is 11.5 Å². The van der Waals surface area contributed by atoms with Gasteiger partial charge < -0.3 is 9.72 Å². The highest BCUT2D eigenvalue weighted by molar-refractivity contribution is 7.89. The van der Waals surface area contributed by atoms with E-state index in [4.69, 9.17) is 11.6 Å². The molecule has 0 amide bonds. The lowest BCUT2D eigenvalue weighted by Gasteiger charge is -2.29. The van der Waals surface area contributed by atoms with Crippen LogP contribution in [-0.4, -0.2) is 59.6 Å². The summed E-state index contributed by atoms with van der Waals surface area (Å²) in [5.74, 6) is -1.11. The molecule has 8 nitrogen and oxygen atoms in total. The Balaban J connectivity index is 1.79. The summed E-state index contributed by atoms with van der Waals surface area (Å²) in [4.78, 5) is 22.6. The number of H-pyrrole nitrogens is 1. The number of carbonyl (C=O) groups is 1. The molecule has 2 aromatic rings. The molecule has 3 rings (SSSR count). The predicted molar refractivity (Wildman–Crippen MR) is 106 cm³/mol. The molecule has 0 saturated heterocycles. The van der Waals surface area contributed by atoms with Gasteiger partial charge in [0.15, 0.2) is 5.82 Å². The van der Waals surface area contributed by atoms with E-state index in [1.807, 2.05) is 6.92 Å². The van der Waals surface area contributed by atoms with Gasteiger partial charge in [0.1, 0.15) is 22.4 Å². The summed E-state index contributed by atoms with van der Waals surface area (Å²) in [6, 6.07) is 2.76. The third kappa shape index (κ3) is 4.82. The molecule has 0 bridgehead atoms. The van der Waals surface area contributed by atoms with Gasteiger partial charge >= 0.3 is 5.97 Å². The molecule has 1 N–H and O–H groups in total. The summed E-state index contributed by atoms with van der Waals surface area (Å²) in [5, 5.41) is 0.297. The Hall–Kier alpha value is -2.30. The number of nitrogens with zero attached hydrogens (tertiary/aromatic N) is 3. The summed E-state index contributed by atoms with van der Waals surface area (Å²) < 4.78 is 43.9. The molecule has 29 heavy (non-hydrogen) atoms. The SMILES string of the molecule is COC(=O)CCS(=O)(=O)N1CC=C(c2nc(-c3ccc(F)cn3)[nH]c2Cl)[C@H](C)C1. The first kappa shape index (κ1) is 21.4. The van der Waals surface area contributed by atoms with Crippen LogP contribution in [0.3, 0.4) is 0 Å². The van der Waals surface area contributed by atoms with E-state index in [1.165, 1.54) is 23.5 Å². The number of esters is 1. The Morgan fingerprint density at radius 2 is 2.21 bits per heavy atom. The summed E-state index contributed by atoms with van der Waals surface area (Å²) in [5.41, 5.74) is 1.75. The van der Waals surface area contributed by atoms with Gasteiger partial charge in [0.05, 0.1) is 25.5 Å². The van der Waals surface area contributed by atoms with Crippen molar-refractivity contribution < 1.29 is 22.3 Å². The average molecular weight is 443 g/mol. The van der Waals surface area contributed by atoms with Crippen molar-refractivity contribution in [3.63, 3.8) is 0 Å². The normalized spacial score (nSPS) is 17.8. The highest BCUT2D eigenvalue weighted by Gasteiger charge is 2.30. The zero-order valence-corrected chi connectivity index (χ0v) is 17.4. The minimum Gasteiger partial charge on any atom is -0.469 e. The van der Waals surface area contributed by atoms with Crippen LogP contribution < -0.4 is 0 Å². The van der Waals surface area contributed by atoms with Crippen LogP contribution in [-0.2, 0) is 19.6 Å². The van der Waals surface area contributed by atoms with Crippen LogP contribution in [0.1, 0.15) is 19.0 Å². The first-order valence-corrected chi connectivity index (χ1v) is 10.8. The van der Waals surface area contributed by atoms with Crippen molar-refractivity contribution in [3.05, 3.63) is 41.1 Å². The molecule has 0 saturated carbocycles. The minimum absolute atomic E-state index is 0.149. The number of methoxy groups -OCH3 is 1. The average Bonchev–Trinajstić information content (AvgIpc) is 3.08. The Kier molecular flexibility index (Phi) is 6.35. The van der Waals surface area contributed by atoms with Gasteiger partial charge in [0.25, 0.3) is 0 Å². The molecule has 0 unspecified atom stereocenters. The number of carbonyl (C=O) groups excluding carboxylic acids is 1. The van der Waals surface area contributed by atoms with E-state index in [1.54, 1.807) is 6.08 Å². The minimum atomic E-state index is -3.60. The molecule has 1 atom stereocenters. The first-order valence-electron chi connectivity index (χ1n) is 8.83. The topological polar surface area (TPSA) is 105 Å². The molecule has 1 aliphatic heterocycles. The molecule has 0 aliphatic carbocycles. The summed E-state index contributed by atoms with van der Waals surface area (Å²) in [6.07, 6.45) is 2.65. The maximum atomic E-state index is 13.1. The maximum Gasteiger partial charge on any atom is 0.306 e. The zero-order valence-electron chi connectivity index (χ0n) is 15.9. The second-order valence-corrected chi connectivity index (χ2v) is 9.10. The lowest BCUT2D eigenvalue weighted by atomic mass is 9.95. The van der Waals surface area contributed by atoms with Crippen molar-refractivity contribution in [2.45, 2.75) is 13.3 Å². The van der Waals surface area contributed by atoms with Crippen LogP contribution in [0.25, 0.3) is 17.1 Å². The van der Waals surface area contributed by atoms with E-state index in [2.05, 4.69) is 19.7 Å². The summed E-state index contributed by atoms with van der Waals surface area (Å²) >= 11 is 6.31. The number of imidazole rings is 1. The lowest BCUT2D eigenvalue weighted by molar-refractivity contribution is -0.140. The highest BCUT2D eigenvalue weighted by atomic mass is 35.5. The molecule has 156 valence electrons. The molecular formula is C18H20ClFN4O4S. The van der Waals surface area contributed by atoms with Gasteiger partial charge in [0.2, 0.25) is 10.0 Å². The van der Waals surface area contributed by atoms with Gasteiger partial charge in [-0.3, -0.25) is 4.79 Å². The Bertz CT molecular complexity index is 1040. The summed E-state index contributed by atoms with van der Waals surface area (Å²) in [7, 11) is -2.38. The highest BCUT2D eigenvalue weighted by Crippen LogP contribution is 2.33.